The van der Waals surface area contributed by atoms with E-state index in [1.54, 1.807) is 0 Å². The van der Waals surface area contributed by atoms with Crippen molar-refractivity contribution in [3.8, 4) is 0 Å². The Morgan fingerprint density at radius 2 is 2.24 bits per heavy atom. The van der Waals surface area contributed by atoms with Crippen LogP contribution >= 0.6 is 0 Å². The van der Waals surface area contributed by atoms with Gasteiger partial charge < -0.3 is 19.4 Å². The van der Waals surface area contributed by atoms with Gasteiger partial charge in [-0.05, 0) is 24.8 Å². The molecule has 4 rings (SSSR count). The molecule has 5 heteroatoms. The lowest BCUT2D eigenvalue weighted by Gasteiger charge is -2.29. The number of nitrogens with one attached hydrogen (secondary N) is 1. The summed E-state index contributed by atoms with van der Waals surface area (Å²) in [5.74, 6) is 0.641. The SMILES string of the molecule is c1cn2cc(CC3CCOC3)nc2cc1N1CCNCC1. The second-order valence-corrected chi connectivity index (χ2v) is 6.05. The van der Waals surface area contributed by atoms with Crippen LogP contribution < -0.4 is 10.2 Å². The lowest BCUT2D eigenvalue weighted by Crippen LogP contribution is -2.43. The molecule has 4 heterocycles. The maximum absolute atomic E-state index is 5.45. The number of imidazole rings is 1. The molecule has 0 aromatic carbocycles. The first-order valence-electron chi connectivity index (χ1n) is 7.89. The average molecular weight is 286 g/mol. The quantitative estimate of drug-likeness (QED) is 0.924. The van der Waals surface area contributed by atoms with Gasteiger partial charge in [-0.1, -0.05) is 0 Å². The fraction of sp³-hybridized carbons (Fsp3) is 0.562. The monoisotopic (exact) mass is 286 g/mol. The Balaban J connectivity index is 1.55. The van der Waals surface area contributed by atoms with E-state index in [0.29, 0.717) is 5.92 Å². The van der Waals surface area contributed by atoms with E-state index in [1.165, 1.54) is 17.8 Å². The van der Waals surface area contributed by atoms with Gasteiger partial charge in [-0.25, -0.2) is 4.98 Å². The zero-order valence-corrected chi connectivity index (χ0v) is 12.3. The molecule has 0 aliphatic carbocycles. The third-order valence-electron chi connectivity index (χ3n) is 4.50. The van der Waals surface area contributed by atoms with Crippen molar-refractivity contribution in [2.24, 2.45) is 5.92 Å². The number of rotatable bonds is 3. The van der Waals surface area contributed by atoms with Crippen molar-refractivity contribution in [2.45, 2.75) is 12.8 Å². The van der Waals surface area contributed by atoms with Crippen molar-refractivity contribution in [3.63, 3.8) is 0 Å². The molecule has 2 aromatic rings. The lowest BCUT2D eigenvalue weighted by atomic mass is 10.0. The van der Waals surface area contributed by atoms with Gasteiger partial charge in [0.25, 0.3) is 0 Å². The van der Waals surface area contributed by atoms with Crippen LogP contribution in [-0.4, -0.2) is 48.8 Å². The van der Waals surface area contributed by atoms with Gasteiger partial charge in [0.2, 0.25) is 0 Å². The number of pyridine rings is 1. The molecule has 2 saturated heterocycles. The predicted molar refractivity (Wildman–Crippen MR) is 82.9 cm³/mol. The summed E-state index contributed by atoms with van der Waals surface area (Å²) in [6, 6.07) is 4.41. The van der Waals surface area contributed by atoms with Crippen LogP contribution in [0.2, 0.25) is 0 Å². The molecule has 5 nitrogen and oxygen atoms in total. The number of nitrogens with zero attached hydrogens (tertiary/aromatic N) is 3. The minimum atomic E-state index is 0.641. The van der Waals surface area contributed by atoms with Crippen LogP contribution in [0.15, 0.2) is 24.5 Å². The van der Waals surface area contributed by atoms with Crippen LogP contribution in [0.1, 0.15) is 12.1 Å². The van der Waals surface area contributed by atoms with Crippen molar-refractivity contribution in [1.29, 1.82) is 0 Å². The molecular weight excluding hydrogens is 264 g/mol. The van der Waals surface area contributed by atoms with E-state index in [0.717, 1.165) is 51.5 Å². The predicted octanol–water partition coefficient (Wildman–Crippen LogP) is 1.32. The normalized spacial score (nSPS) is 23.0. The molecule has 0 bridgehead atoms. The van der Waals surface area contributed by atoms with Gasteiger partial charge in [0, 0.05) is 63.5 Å². The van der Waals surface area contributed by atoms with E-state index < -0.39 is 0 Å². The third-order valence-corrected chi connectivity index (χ3v) is 4.50. The van der Waals surface area contributed by atoms with E-state index in [-0.39, 0.29) is 0 Å². The molecule has 0 spiro atoms. The smallest absolute Gasteiger partial charge is 0.139 e. The Kier molecular flexibility index (Phi) is 3.53. The molecule has 21 heavy (non-hydrogen) atoms. The van der Waals surface area contributed by atoms with Gasteiger partial charge in [-0.15, -0.1) is 0 Å². The first kappa shape index (κ1) is 13.1. The molecule has 2 aromatic heterocycles. The van der Waals surface area contributed by atoms with Crippen LogP contribution in [0.4, 0.5) is 5.69 Å². The molecule has 112 valence electrons. The molecule has 1 atom stereocenters. The number of piperazine rings is 1. The fourth-order valence-electron chi connectivity index (χ4n) is 3.28. The summed E-state index contributed by atoms with van der Waals surface area (Å²) in [6.07, 6.45) is 6.49. The Morgan fingerprint density at radius 3 is 3.05 bits per heavy atom. The second-order valence-electron chi connectivity index (χ2n) is 6.05. The van der Waals surface area contributed by atoms with Gasteiger partial charge in [0.1, 0.15) is 5.65 Å². The molecule has 1 N–H and O–H groups in total. The minimum Gasteiger partial charge on any atom is -0.381 e. The summed E-state index contributed by atoms with van der Waals surface area (Å²) in [4.78, 5) is 7.22. The van der Waals surface area contributed by atoms with Gasteiger partial charge in [0.05, 0.1) is 5.69 Å². The largest absolute Gasteiger partial charge is 0.381 e. The van der Waals surface area contributed by atoms with Crippen molar-refractivity contribution in [1.82, 2.24) is 14.7 Å². The maximum Gasteiger partial charge on any atom is 0.139 e. The van der Waals surface area contributed by atoms with Crippen molar-refractivity contribution >= 4 is 11.3 Å². The van der Waals surface area contributed by atoms with Crippen LogP contribution in [0.25, 0.3) is 5.65 Å². The second kappa shape index (κ2) is 5.66. The van der Waals surface area contributed by atoms with Gasteiger partial charge in [0.15, 0.2) is 0 Å². The summed E-state index contributed by atoms with van der Waals surface area (Å²) in [5, 5.41) is 3.39. The number of hydrogen-bond donors (Lipinski definition) is 1. The van der Waals surface area contributed by atoms with Crippen molar-refractivity contribution < 1.29 is 4.74 Å². The van der Waals surface area contributed by atoms with Gasteiger partial charge in [-0.2, -0.15) is 0 Å². The van der Waals surface area contributed by atoms with E-state index in [2.05, 4.69) is 39.1 Å². The van der Waals surface area contributed by atoms with Crippen LogP contribution in [0.5, 0.6) is 0 Å². The zero-order chi connectivity index (χ0) is 14.1. The zero-order valence-electron chi connectivity index (χ0n) is 12.3. The highest BCUT2D eigenvalue weighted by Crippen LogP contribution is 2.21. The third kappa shape index (κ3) is 2.76. The highest BCUT2D eigenvalue weighted by molar-refractivity contribution is 5.57. The first-order valence-corrected chi connectivity index (χ1v) is 7.89. The van der Waals surface area contributed by atoms with Crippen LogP contribution in [0.3, 0.4) is 0 Å². The molecule has 1 unspecified atom stereocenters. The summed E-state index contributed by atoms with van der Waals surface area (Å²) >= 11 is 0. The number of aromatic nitrogens is 2. The van der Waals surface area contributed by atoms with Crippen LogP contribution in [0, 0.1) is 5.92 Å². The standard InChI is InChI=1S/C16H22N4O/c1-5-20-11-14(9-13-2-8-21-12-13)18-16(20)10-15(1)19-6-3-17-4-7-19/h1,5,10-11,13,17H,2-4,6-9,12H2. The highest BCUT2D eigenvalue weighted by Gasteiger charge is 2.18. The molecule has 2 aliphatic rings. The number of hydrogen-bond acceptors (Lipinski definition) is 4. The van der Waals surface area contributed by atoms with Crippen LogP contribution in [-0.2, 0) is 11.2 Å². The summed E-state index contributed by atoms with van der Waals surface area (Å²) in [5.41, 5.74) is 3.52. The topological polar surface area (TPSA) is 41.8 Å². The Labute approximate surface area is 124 Å². The summed E-state index contributed by atoms with van der Waals surface area (Å²) in [6.45, 7) is 6.07. The highest BCUT2D eigenvalue weighted by atomic mass is 16.5. The van der Waals surface area contributed by atoms with E-state index in [4.69, 9.17) is 9.72 Å². The van der Waals surface area contributed by atoms with Gasteiger partial charge in [-0.3, -0.25) is 0 Å². The maximum atomic E-state index is 5.45. The Hall–Kier alpha value is -1.59. The molecule has 0 amide bonds. The molecule has 0 radical (unpaired) electrons. The summed E-state index contributed by atoms with van der Waals surface area (Å²) < 4.78 is 7.59. The number of ether oxygens (including phenoxy) is 1. The molecule has 2 fully saturated rings. The Morgan fingerprint density at radius 1 is 1.33 bits per heavy atom. The molecular formula is C16H22N4O. The fourth-order valence-corrected chi connectivity index (χ4v) is 3.28. The summed E-state index contributed by atoms with van der Waals surface area (Å²) in [7, 11) is 0. The molecule has 0 saturated carbocycles. The lowest BCUT2D eigenvalue weighted by molar-refractivity contribution is 0.185. The van der Waals surface area contributed by atoms with Crippen molar-refractivity contribution in [2.75, 3.05) is 44.3 Å². The van der Waals surface area contributed by atoms with Crippen molar-refractivity contribution in [3.05, 3.63) is 30.2 Å². The number of anilines is 1. The first-order chi connectivity index (χ1) is 10.4. The van der Waals surface area contributed by atoms with Gasteiger partial charge >= 0.3 is 0 Å². The Bertz CT molecular complexity index is 612. The molecule has 2 aliphatic heterocycles. The van der Waals surface area contributed by atoms with E-state index in [9.17, 15) is 0 Å². The van der Waals surface area contributed by atoms with E-state index in [1.807, 2.05) is 0 Å². The number of fused-ring (bicyclic) bond motifs is 1. The van der Waals surface area contributed by atoms with E-state index >= 15 is 0 Å². The minimum absolute atomic E-state index is 0.641. The average Bonchev–Trinajstić information content (AvgIpc) is 3.16.